The summed E-state index contributed by atoms with van der Waals surface area (Å²) in [7, 11) is -2.00. The van der Waals surface area contributed by atoms with E-state index in [-0.39, 0.29) is 42.0 Å². The number of ether oxygens (including phenoxy) is 3. The Balaban J connectivity index is 1.67. The molecule has 0 aliphatic rings. The van der Waals surface area contributed by atoms with Crippen LogP contribution in [-0.2, 0) is 33.8 Å². The van der Waals surface area contributed by atoms with Gasteiger partial charge in [-0.2, -0.15) is 13.2 Å². The van der Waals surface area contributed by atoms with Gasteiger partial charge >= 0.3 is 6.18 Å². The number of nitrogens with one attached hydrogen (secondary N) is 1. The van der Waals surface area contributed by atoms with Gasteiger partial charge in [-0.25, -0.2) is 18.1 Å². The van der Waals surface area contributed by atoms with Gasteiger partial charge in [-0.15, -0.1) is 0 Å². The quantitative estimate of drug-likeness (QED) is 0.269. The molecule has 2 heterocycles. The second-order valence-electron chi connectivity index (χ2n) is 8.14. The van der Waals surface area contributed by atoms with E-state index in [4.69, 9.17) is 25.8 Å². The molecular formula is C25H27ClF3N3O5S. The van der Waals surface area contributed by atoms with Gasteiger partial charge in [0.15, 0.2) is 0 Å². The Bertz CT molecular complexity index is 1300. The second kappa shape index (κ2) is 13.7. The Kier molecular flexibility index (Phi) is 10.7. The van der Waals surface area contributed by atoms with Crippen LogP contribution < -0.4 is 14.2 Å². The molecule has 0 fully saturated rings. The molecule has 0 spiro atoms. The van der Waals surface area contributed by atoms with E-state index >= 15 is 0 Å². The normalized spacial score (nSPS) is 11.9. The van der Waals surface area contributed by atoms with Crippen molar-refractivity contribution in [3.63, 3.8) is 0 Å². The number of aryl methyl sites for hydroxylation is 1. The van der Waals surface area contributed by atoms with Crippen LogP contribution in [0.3, 0.4) is 0 Å². The molecular weight excluding hydrogens is 547 g/mol. The third kappa shape index (κ3) is 9.43. The summed E-state index contributed by atoms with van der Waals surface area (Å²) < 4.78 is 82.7. The third-order valence-electron chi connectivity index (χ3n) is 5.28. The smallest absolute Gasteiger partial charge is 0.417 e. The van der Waals surface area contributed by atoms with Gasteiger partial charge in [0.25, 0.3) is 0 Å². The molecule has 3 aromatic rings. The van der Waals surface area contributed by atoms with Crippen LogP contribution in [0.15, 0.2) is 55.0 Å². The number of halogens is 4. The number of sulfonamides is 1. The molecule has 0 amide bonds. The number of benzene rings is 1. The average molecular weight is 574 g/mol. The minimum atomic E-state index is -4.60. The minimum absolute atomic E-state index is 0.131. The summed E-state index contributed by atoms with van der Waals surface area (Å²) >= 11 is 6.01. The van der Waals surface area contributed by atoms with Crippen LogP contribution in [0.2, 0.25) is 5.02 Å². The summed E-state index contributed by atoms with van der Waals surface area (Å²) in [5, 5.41) is -0.322. The predicted octanol–water partition coefficient (Wildman–Crippen LogP) is 5.06. The van der Waals surface area contributed by atoms with Crippen LogP contribution in [0.4, 0.5) is 13.2 Å². The molecule has 13 heteroatoms. The molecule has 206 valence electrons. The highest BCUT2D eigenvalue weighted by Gasteiger charge is 2.32. The molecule has 0 unspecified atom stereocenters. The third-order valence-corrected chi connectivity index (χ3v) is 7.02. The van der Waals surface area contributed by atoms with E-state index < -0.39 is 21.8 Å². The van der Waals surface area contributed by atoms with Crippen LogP contribution >= 0.6 is 11.6 Å². The first-order chi connectivity index (χ1) is 18.1. The Morgan fingerprint density at radius 3 is 2.50 bits per heavy atom. The van der Waals surface area contributed by atoms with Crippen LogP contribution in [-0.4, -0.2) is 51.0 Å². The van der Waals surface area contributed by atoms with Crippen molar-refractivity contribution in [2.75, 3.05) is 32.6 Å². The van der Waals surface area contributed by atoms with E-state index in [9.17, 15) is 21.6 Å². The number of pyridine rings is 2. The molecule has 3 rings (SSSR count). The van der Waals surface area contributed by atoms with Gasteiger partial charge in [0, 0.05) is 38.3 Å². The van der Waals surface area contributed by atoms with Crippen molar-refractivity contribution in [3.8, 4) is 17.4 Å². The number of hydrogen-bond acceptors (Lipinski definition) is 7. The standard InChI is InChI=1S/C25H27ClF3N3O5S/c1-35-12-13-36-21-5-4-19(3-2-14-38(33,34)32-11-8-18-6-9-30-10-7-18)23(16-21)37-24-22(26)15-20(17-31-24)25(27,28)29/h4-7,9-10,15-17,32H,2-3,8,11-14H2,1H3. The zero-order valence-electron chi connectivity index (χ0n) is 20.5. The summed E-state index contributed by atoms with van der Waals surface area (Å²) in [6.45, 7) is 0.862. The number of hydrogen-bond donors (Lipinski definition) is 1. The Labute approximate surface area is 224 Å². The monoisotopic (exact) mass is 573 g/mol. The lowest BCUT2D eigenvalue weighted by Crippen LogP contribution is -2.28. The van der Waals surface area contributed by atoms with Gasteiger partial charge in [-0.1, -0.05) is 17.7 Å². The number of aromatic nitrogens is 2. The Hall–Kier alpha value is -2.93. The van der Waals surface area contributed by atoms with Gasteiger partial charge in [-0.05, 0) is 54.7 Å². The van der Waals surface area contributed by atoms with Crippen molar-refractivity contribution < 1.29 is 35.8 Å². The molecule has 0 radical (unpaired) electrons. The minimum Gasteiger partial charge on any atom is -0.491 e. The van der Waals surface area contributed by atoms with Gasteiger partial charge in [0.2, 0.25) is 15.9 Å². The van der Waals surface area contributed by atoms with Crippen LogP contribution in [0.25, 0.3) is 0 Å². The number of rotatable bonds is 14. The molecule has 2 aromatic heterocycles. The first kappa shape index (κ1) is 29.6. The molecule has 1 aromatic carbocycles. The van der Waals surface area contributed by atoms with Gasteiger partial charge in [-0.3, -0.25) is 4.98 Å². The second-order valence-corrected chi connectivity index (χ2v) is 10.5. The van der Waals surface area contributed by atoms with Crippen LogP contribution in [0, 0.1) is 0 Å². The van der Waals surface area contributed by atoms with Crippen molar-refractivity contribution in [1.82, 2.24) is 14.7 Å². The van der Waals surface area contributed by atoms with Crippen molar-refractivity contribution in [2.45, 2.75) is 25.4 Å². The highest BCUT2D eigenvalue weighted by molar-refractivity contribution is 7.89. The van der Waals surface area contributed by atoms with Gasteiger partial charge < -0.3 is 14.2 Å². The maximum Gasteiger partial charge on any atom is 0.417 e. The van der Waals surface area contributed by atoms with Crippen LogP contribution in [0.5, 0.6) is 17.4 Å². The lowest BCUT2D eigenvalue weighted by Gasteiger charge is -2.15. The molecule has 38 heavy (non-hydrogen) atoms. The zero-order valence-corrected chi connectivity index (χ0v) is 22.1. The Morgan fingerprint density at radius 1 is 1.05 bits per heavy atom. The van der Waals surface area contributed by atoms with Crippen molar-refractivity contribution in [3.05, 3.63) is 76.7 Å². The summed E-state index contributed by atoms with van der Waals surface area (Å²) in [5.74, 6) is 0.306. The summed E-state index contributed by atoms with van der Waals surface area (Å²) in [5.41, 5.74) is 0.565. The molecule has 0 bridgehead atoms. The van der Waals surface area contributed by atoms with Gasteiger partial charge in [0.05, 0.1) is 17.9 Å². The largest absolute Gasteiger partial charge is 0.491 e. The molecule has 0 saturated carbocycles. The van der Waals surface area contributed by atoms with E-state index in [0.29, 0.717) is 37.0 Å². The SMILES string of the molecule is COCCOc1ccc(CCCS(=O)(=O)NCCc2ccncc2)c(Oc2ncc(C(F)(F)F)cc2Cl)c1. The van der Waals surface area contributed by atoms with Gasteiger partial charge in [0.1, 0.15) is 23.1 Å². The molecule has 8 nitrogen and oxygen atoms in total. The van der Waals surface area contributed by atoms with Crippen molar-refractivity contribution in [2.24, 2.45) is 0 Å². The van der Waals surface area contributed by atoms with E-state index in [1.165, 1.54) is 7.11 Å². The number of methoxy groups -OCH3 is 1. The first-order valence-electron chi connectivity index (χ1n) is 11.6. The fraction of sp³-hybridized carbons (Fsp3) is 0.360. The van der Waals surface area contributed by atoms with E-state index in [0.717, 1.165) is 11.6 Å². The Morgan fingerprint density at radius 2 is 1.82 bits per heavy atom. The lowest BCUT2D eigenvalue weighted by atomic mass is 10.1. The highest BCUT2D eigenvalue weighted by atomic mass is 35.5. The number of nitrogens with zero attached hydrogens (tertiary/aromatic N) is 2. The summed E-state index contributed by atoms with van der Waals surface area (Å²) in [6.07, 6.45) is 0.411. The molecule has 0 aliphatic heterocycles. The fourth-order valence-corrected chi connectivity index (χ4v) is 4.64. The van der Waals surface area contributed by atoms with E-state index in [2.05, 4.69) is 14.7 Å². The predicted molar refractivity (Wildman–Crippen MR) is 136 cm³/mol. The first-order valence-corrected chi connectivity index (χ1v) is 13.6. The van der Waals surface area contributed by atoms with Crippen molar-refractivity contribution in [1.29, 1.82) is 0 Å². The molecule has 1 N–H and O–H groups in total. The highest BCUT2D eigenvalue weighted by Crippen LogP contribution is 2.36. The lowest BCUT2D eigenvalue weighted by molar-refractivity contribution is -0.137. The maximum absolute atomic E-state index is 13.0. The molecule has 0 atom stereocenters. The molecule has 0 saturated heterocycles. The topological polar surface area (TPSA) is 99.6 Å². The zero-order chi connectivity index (χ0) is 27.6. The van der Waals surface area contributed by atoms with Crippen LogP contribution in [0.1, 0.15) is 23.1 Å². The molecule has 0 aliphatic carbocycles. The summed E-state index contributed by atoms with van der Waals surface area (Å²) in [4.78, 5) is 7.65. The fourth-order valence-electron chi connectivity index (χ4n) is 3.35. The summed E-state index contributed by atoms with van der Waals surface area (Å²) in [6, 6.07) is 9.28. The van der Waals surface area contributed by atoms with E-state index in [1.54, 1.807) is 30.6 Å². The number of alkyl halides is 3. The average Bonchev–Trinajstić information content (AvgIpc) is 2.86. The maximum atomic E-state index is 13.0. The van der Waals surface area contributed by atoms with E-state index in [1.807, 2.05) is 12.1 Å². The van der Waals surface area contributed by atoms with Crippen molar-refractivity contribution >= 4 is 21.6 Å².